The normalized spacial score (nSPS) is 21.5. The molecular weight excluding hydrogens is 413 g/mol. The van der Waals surface area contributed by atoms with Crippen molar-refractivity contribution in [2.75, 3.05) is 24.6 Å². The number of nitrogens with one attached hydrogen (secondary N) is 2. The van der Waals surface area contributed by atoms with Crippen molar-refractivity contribution in [3.05, 3.63) is 54.2 Å². The summed E-state index contributed by atoms with van der Waals surface area (Å²) in [6.07, 6.45) is 4.84. The van der Waals surface area contributed by atoms with Gasteiger partial charge in [-0.15, -0.1) is 0 Å². The third kappa shape index (κ3) is 3.71. The maximum atomic E-state index is 13.2. The van der Waals surface area contributed by atoms with Crippen LogP contribution in [0.3, 0.4) is 0 Å². The molecule has 168 valence electrons. The summed E-state index contributed by atoms with van der Waals surface area (Å²) in [6.45, 7) is 0.997. The van der Waals surface area contributed by atoms with Gasteiger partial charge in [0, 0.05) is 25.2 Å². The van der Waals surface area contributed by atoms with Gasteiger partial charge < -0.3 is 25.4 Å². The minimum absolute atomic E-state index is 0.128. The molecule has 9 heteroatoms. The van der Waals surface area contributed by atoms with Gasteiger partial charge in [0.05, 0.1) is 18.0 Å². The summed E-state index contributed by atoms with van der Waals surface area (Å²) < 4.78 is 13.2. The Morgan fingerprint density at radius 1 is 1.28 bits per heavy atom. The van der Waals surface area contributed by atoms with Crippen molar-refractivity contribution in [3.63, 3.8) is 0 Å². The smallest absolute Gasteiger partial charge is 0.224 e. The van der Waals surface area contributed by atoms with Crippen LogP contribution in [0.2, 0.25) is 0 Å². The average Bonchev–Trinajstić information content (AvgIpc) is 3.38. The Bertz CT molecular complexity index is 1110. The van der Waals surface area contributed by atoms with E-state index in [9.17, 15) is 19.4 Å². The SMILES string of the molecule is O=C(N[C@@H](CO)[C@H](O)c1ccc(F)cc1)C1CCN(c2ncnc3[nH]ccc23)CC12CC2. The molecule has 1 saturated carbocycles. The molecule has 0 radical (unpaired) electrons. The molecule has 5 rings (SSSR count). The molecule has 1 spiro atoms. The van der Waals surface area contributed by atoms with Gasteiger partial charge in [-0.2, -0.15) is 0 Å². The lowest BCUT2D eigenvalue weighted by atomic mass is 9.81. The molecule has 1 aliphatic carbocycles. The zero-order valence-electron chi connectivity index (χ0n) is 17.5. The zero-order chi connectivity index (χ0) is 22.3. The number of carbonyl (C=O) groups excluding carboxylic acids is 1. The molecule has 1 unspecified atom stereocenters. The molecule has 1 aliphatic heterocycles. The number of aromatic amines is 1. The quantitative estimate of drug-likeness (QED) is 0.467. The molecule has 3 atom stereocenters. The molecule has 2 aliphatic rings. The van der Waals surface area contributed by atoms with Crippen molar-refractivity contribution in [2.24, 2.45) is 11.3 Å². The fraction of sp³-hybridized carbons (Fsp3) is 0.435. The highest BCUT2D eigenvalue weighted by molar-refractivity contribution is 5.88. The van der Waals surface area contributed by atoms with Crippen molar-refractivity contribution in [2.45, 2.75) is 31.4 Å². The number of aliphatic hydroxyl groups excluding tert-OH is 2. The molecule has 3 heterocycles. The Labute approximate surface area is 184 Å². The van der Waals surface area contributed by atoms with Crippen molar-refractivity contribution >= 4 is 22.8 Å². The molecule has 1 saturated heterocycles. The van der Waals surface area contributed by atoms with Crippen molar-refractivity contribution in [1.82, 2.24) is 20.3 Å². The number of amides is 1. The molecule has 1 aromatic carbocycles. The summed E-state index contributed by atoms with van der Waals surface area (Å²) >= 11 is 0. The number of piperidine rings is 1. The highest BCUT2D eigenvalue weighted by atomic mass is 19.1. The minimum atomic E-state index is -1.12. The summed E-state index contributed by atoms with van der Waals surface area (Å²) in [5.74, 6) is 0.114. The number of carbonyl (C=O) groups is 1. The average molecular weight is 439 g/mol. The van der Waals surface area contributed by atoms with E-state index in [0.717, 1.165) is 36.2 Å². The van der Waals surface area contributed by atoms with E-state index in [2.05, 4.69) is 25.2 Å². The minimum Gasteiger partial charge on any atom is -0.394 e. The number of H-pyrrole nitrogens is 1. The third-order valence-corrected chi connectivity index (χ3v) is 6.89. The molecular formula is C23H26FN5O3. The fourth-order valence-electron chi connectivity index (χ4n) is 4.93. The number of nitrogens with zero attached hydrogens (tertiary/aromatic N) is 3. The first kappa shape index (κ1) is 20.8. The first-order chi connectivity index (χ1) is 15.5. The van der Waals surface area contributed by atoms with Crippen LogP contribution in [0.15, 0.2) is 42.9 Å². The van der Waals surface area contributed by atoms with Crippen LogP contribution < -0.4 is 10.2 Å². The van der Waals surface area contributed by atoms with Crippen LogP contribution in [0.1, 0.15) is 30.9 Å². The predicted octanol–water partition coefficient (Wildman–Crippen LogP) is 1.91. The van der Waals surface area contributed by atoms with E-state index in [1.165, 1.54) is 24.3 Å². The Morgan fingerprint density at radius 3 is 2.78 bits per heavy atom. The lowest BCUT2D eigenvalue weighted by Crippen LogP contribution is -2.51. The first-order valence-electron chi connectivity index (χ1n) is 10.9. The van der Waals surface area contributed by atoms with E-state index in [1.807, 2.05) is 12.3 Å². The van der Waals surface area contributed by atoms with Crippen molar-refractivity contribution < 1.29 is 19.4 Å². The maximum absolute atomic E-state index is 13.2. The number of hydrogen-bond donors (Lipinski definition) is 4. The fourth-order valence-corrected chi connectivity index (χ4v) is 4.93. The summed E-state index contributed by atoms with van der Waals surface area (Å²) in [5.41, 5.74) is 1.11. The zero-order valence-corrected chi connectivity index (χ0v) is 17.5. The van der Waals surface area contributed by atoms with E-state index in [-0.39, 0.29) is 17.2 Å². The van der Waals surface area contributed by atoms with Gasteiger partial charge in [-0.25, -0.2) is 14.4 Å². The Morgan fingerprint density at radius 2 is 2.06 bits per heavy atom. The monoisotopic (exact) mass is 439 g/mol. The van der Waals surface area contributed by atoms with Gasteiger partial charge in [-0.1, -0.05) is 12.1 Å². The second kappa shape index (κ2) is 8.14. The van der Waals surface area contributed by atoms with Crippen LogP contribution in [-0.2, 0) is 4.79 Å². The van der Waals surface area contributed by atoms with Crippen LogP contribution >= 0.6 is 0 Å². The van der Waals surface area contributed by atoms with Crippen LogP contribution in [0.25, 0.3) is 11.0 Å². The van der Waals surface area contributed by atoms with Gasteiger partial charge in [-0.05, 0) is 48.4 Å². The van der Waals surface area contributed by atoms with E-state index in [4.69, 9.17) is 0 Å². The Kier molecular flexibility index (Phi) is 5.30. The standard InChI is InChI=1S/C23H26FN5O3/c24-15-3-1-14(2-4-15)19(31)18(11-30)28-22(32)17-6-10-29(12-23(17)7-8-23)21-16-5-9-25-20(16)26-13-27-21/h1-5,9,13,17-19,30-31H,6-8,10-12H2,(H,28,32)(H,25,26,27)/t17?,18-,19+/m0/s1. The molecule has 0 bridgehead atoms. The van der Waals surface area contributed by atoms with E-state index < -0.39 is 24.6 Å². The number of halogens is 1. The molecule has 4 N–H and O–H groups in total. The summed E-state index contributed by atoms with van der Waals surface area (Å²) in [4.78, 5) is 27.3. The number of aliphatic hydroxyl groups is 2. The van der Waals surface area contributed by atoms with Gasteiger partial charge in [0.25, 0.3) is 0 Å². The number of rotatable bonds is 6. The number of hydrogen-bond acceptors (Lipinski definition) is 6. The first-order valence-corrected chi connectivity index (χ1v) is 10.9. The molecule has 3 aromatic rings. The van der Waals surface area contributed by atoms with Gasteiger partial charge in [0.1, 0.15) is 29.7 Å². The molecule has 32 heavy (non-hydrogen) atoms. The van der Waals surface area contributed by atoms with Gasteiger partial charge in [-0.3, -0.25) is 4.79 Å². The van der Waals surface area contributed by atoms with Crippen LogP contribution in [-0.4, -0.2) is 56.8 Å². The molecule has 2 fully saturated rings. The summed E-state index contributed by atoms with van der Waals surface area (Å²) in [7, 11) is 0. The molecule has 8 nitrogen and oxygen atoms in total. The maximum Gasteiger partial charge on any atom is 0.224 e. The highest BCUT2D eigenvalue weighted by Gasteiger charge is 2.55. The van der Waals surface area contributed by atoms with E-state index >= 15 is 0 Å². The largest absolute Gasteiger partial charge is 0.394 e. The number of benzene rings is 1. The topological polar surface area (TPSA) is 114 Å². The molecule has 1 amide bonds. The van der Waals surface area contributed by atoms with Gasteiger partial charge in [0.15, 0.2) is 0 Å². The van der Waals surface area contributed by atoms with Crippen molar-refractivity contribution in [1.29, 1.82) is 0 Å². The number of anilines is 1. The summed E-state index contributed by atoms with van der Waals surface area (Å²) in [6, 6.07) is 6.52. The second-order valence-electron chi connectivity index (χ2n) is 8.86. The lowest BCUT2D eigenvalue weighted by Gasteiger charge is -2.39. The van der Waals surface area contributed by atoms with E-state index in [1.54, 1.807) is 6.33 Å². The number of fused-ring (bicyclic) bond motifs is 1. The number of aromatic nitrogens is 3. The second-order valence-corrected chi connectivity index (χ2v) is 8.86. The van der Waals surface area contributed by atoms with Gasteiger partial charge >= 0.3 is 0 Å². The summed E-state index contributed by atoms with van der Waals surface area (Å²) in [5, 5.41) is 24.2. The van der Waals surface area contributed by atoms with Crippen LogP contribution in [0, 0.1) is 17.2 Å². The predicted molar refractivity (Wildman–Crippen MR) is 116 cm³/mol. The van der Waals surface area contributed by atoms with Gasteiger partial charge in [0.2, 0.25) is 5.91 Å². The highest BCUT2D eigenvalue weighted by Crippen LogP contribution is 2.56. The third-order valence-electron chi connectivity index (χ3n) is 6.89. The Hall–Kier alpha value is -3.04. The lowest BCUT2D eigenvalue weighted by molar-refractivity contribution is -0.130. The van der Waals surface area contributed by atoms with Crippen molar-refractivity contribution in [3.8, 4) is 0 Å². The van der Waals surface area contributed by atoms with E-state index in [0.29, 0.717) is 18.5 Å². The molecule has 2 aromatic heterocycles. The van der Waals surface area contributed by atoms with Crippen LogP contribution in [0.4, 0.5) is 10.2 Å². The Balaban J connectivity index is 1.29. The van der Waals surface area contributed by atoms with Crippen LogP contribution in [0.5, 0.6) is 0 Å².